The SMILES string of the molecule is Cc1ccc(Nc2ccncc2C(=O)O)c(Cl)c1. The van der Waals surface area contributed by atoms with Crippen molar-refractivity contribution >= 4 is 28.9 Å². The third-order valence-electron chi connectivity index (χ3n) is 2.45. The van der Waals surface area contributed by atoms with E-state index < -0.39 is 5.97 Å². The number of rotatable bonds is 3. The van der Waals surface area contributed by atoms with Crippen LogP contribution in [-0.2, 0) is 0 Å². The summed E-state index contributed by atoms with van der Waals surface area (Å²) in [6.45, 7) is 1.94. The van der Waals surface area contributed by atoms with E-state index in [1.54, 1.807) is 6.07 Å². The van der Waals surface area contributed by atoms with Crippen LogP contribution >= 0.6 is 11.6 Å². The van der Waals surface area contributed by atoms with E-state index in [2.05, 4.69) is 10.3 Å². The van der Waals surface area contributed by atoms with Gasteiger partial charge in [0.05, 0.1) is 16.4 Å². The van der Waals surface area contributed by atoms with Crippen molar-refractivity contribution in [1.82, 2.24) is 4.98 Å². The van der Waals surface area contributed by atoms with Crippen LogP contribution in [0.5, 0.6) is 0 Å². The number of nitrogens with zero attached hydrogens (tertiary/aromatic N) is 1. The lowest BCUT2D eigenvalue weighted by molar-refractivity contribution is 0.0697. The number of hydrogen-bond donors (Lipinski definition) is 2. The Balaban J connectivity index is 2.37. The first-order chi connectivity index (χ1) is 8.58. The third-order valence-corrected chi connectivity index (χ3v) is 2.76. The molecule has 0 spiro atoms. The van der Waals surface area contributed by atoms with Crippen LogP contribution in [0.15, 0.2) is 36.7 Å². The van der Waals surface area contributed by atoms with Crippen molar-refractivity contribution in [1.29, 1.82) is 0 Å². The Morgan fingerprint density at radius 2 is 2.11 bits per heavy atom. The molecule has 18 heavy (non-hydrogen) atoms. The van der Waals surface area contributed by atoms with Crippen LogP contribution in [0.25, 0.3) is 0 Å². The molecule has 0 radical (unpaired) electrons. The van der Waals surface area contributed by atoms with Crippen LogP contribution in [0, 0.1) is 6.92 Å². The zero-order valence-corrected chi connectivity index (χ0v) is 10.4. The molecule has 1 aromatic heterocycles. The largest absolute Gasteiger partial charge is 0.478 e. The molecule has 2 aromatic rings. The monoisotopic (exact) mass is 262 g/mol. The molecule has 0 aliphatic rings. The summed E-state index contributed by atoms with van der Waals surface area (Å²) in [5, 5.41) is 12.6. The summed E-state index contributed by atoms with van der Waals surface area (Å²) in [5.41, 5.74) is 2.27. The molecule has 4 nitrogen and oxygen atoms in total. The van der Waals surface area contributed by atoms with Crippen LogP contribution in [0.3, 0.4) is 0 Å². The van der Waals surface area contributed by atoms with Gasteiger partial charge in [0.15, 0.2) is 0 Å². The Bertz CT molecular complexity index is 599. The van der Waals surface area contributed by atoms with Crippen molar-refractivity contribution in [2.24, 2.45) is 0 Å². The number of aryl methyl sites for hydroxylation is 1. The van der Waals surface area contributed by atoms with Crippen molar-refractivity contribution < 1.29 is 9.90 Å². The minimum absolute atomic E-state index is 0.106. The Hall–Kier alpha value is -2.07. The lowest BCUT2D eigenvalue weighted by Crippen LogP contribution is -2.03. The van der Waals surface area contributed by atoms with E-state index in [-0.39, 0.29) is 5.56 Å². The smallest absolute Gasteiger partial charge is 0.339 e. The molecule has 1 aromatic carbocycles. The first-order valence-corrected chi connectivity index (χ1v) is 5.66. The van der Waals surface area contributed by atoms with Gasteiger partial charge in [-0.05, 0) is 30.7 Å². The number of anilines is 2. The predicted molar refractivity (Wildman–Crippen MR) is 70.7 cm³/mol. The van der Waals surface area contributed by atoms with E-state index in [4.69, 9.17) is 16.7 Å². The van der Waals surface area contributed by atoms with Gasteiger partial charge < -0.3 is 10.4 Å². The number of halogens is 1. The molecule has 0 fully saturated rings. The Kier molecular flexibility index (Phi) is 3.48. The zero-order valence-electron chi connectivity index (χ0n) is 9.64. The van der Waals surface area contributed by atoms with E-state index in [1.807, 2.05) is 25.1 Å². The highest BCUT2D eigenvalue weighted by Gasteiger charge is 2.10. The van der Waals surface area contributed by atoms with Crippen LogP contribution in [0.4, 0.5) is 11.4 Å². The number of pyridine rings is 1. The maximum atomic E-state index is 11.0. The molecule has 0 aliphatic carbocycles. The molecule has 5 heteroatoms. The molecule has 0 saturated heterocycles. The summed E-state index contributed by atoms with van der Waals surface area (Å²) in [4.78, 5) is 14.8. The molecule has 0 aliphatic heterocycles. The van der Waals surface area contributed by atoms with E-state index in [0.29, 0.717) is 16.4 Å². The number of carboxylic acid groups (broad SMARTS) is 1. The van der Waals surface area contributed by atoms with Crippen LogP contribution in [-0.4, -0.2) is 16.1 Å². The number of carbonyl (C=O) groups is 1. The fourth-order valence-electron chi connectivity index (χ4n) is 1.54. The van der Waals surface area contributed by atoms with E-state index in [1.165, 1.54) is 12.4 Å². The van der Waals surface area contributed by atoms with Gasteiger partial charge in [0.25, 0.3) is 0 Å². The van der Waals surface area contributed by atoms with Crippen molar-refractivity contribution in [3.8, 4) is 0 Å². The maximum absolute atomic E-state index is 11.0. The Labute approximate surface area is 109 Å². The maximum Gasteiger partial charge on any atom is 0.339 e. The average Bonchev–Trinajstić information content (AvgIpc) is 2.33. The normalized spacial score (nSPS) is 10.1. The van der Waals surface area contributed by atoms with Gasteiger partial charge in [-0.15, -0.1) is 0 Å². The van der Waals surface area contributed by atoms with Gasteiger partial charge in [0.1, 0.15) is 5.56 Å². The molecule has 2 rings (SSSR count). The summed E-state index contributed by atoms with van der Waals surface area (Å²) < 4.78 is 0. The highest BCUT2D eigenvalue weighted by molar-refractivity contribution is 6.33. The summed E-state index contributed by atoms with van der Waals surface area (Å²) in [6, 6.07) is 7.12. The summed E-state index contributed by atoms with van der Waals surface area (Å²) in [5.74, 6) is -1.03. The van der Waals surface area contributed by atoms with Gasteiger partial charge in [-0.25, -0.2) is 4.79 Å². The highest BCUT2D eigenvalue weighted by atomic mass is 35.5. The lowest BCUT2D eigenvalue weighted by Gasteiger charge is -2.10. The minimum Gasteiger partial charge on any atom is -0.478 e. The second kappa shape index (κ2) is 5.06. The fourth-order valence-corrected chi connectivity index (χ4v) is 1.82. The molecule has 0 atom stereocenters. The number of aromatic nitrogens is 1. The molecule has 0 bridgehead atoms. The Morgan fingerprint density at radius 1 is 1.33 bits per heavy atom. The van der Waals surface area contributed by atoms with Crippen molar-refractivity contribution in [3.05, 3.63) is 52.8 Å². The van der Waals surface area contributed by atoms with E-state index in [9.17, 15) is 4.79 Å². The number of nitrogens with one attached hydrogen (secondary N) is 1. The van der Waals surface area contributed by atoms with Gasteiger partial charge >= 0.3 is 5.97 Å². The lowest BCUT2D eigenvalue weighted by atomic mass is 10.2. The average molecular weight is 263 g/mol. The van der Waals surface area contributed by atoms with Crippen LogP contribution in [0.2, 0.25) is 5.02 Å². The molecule has 0 saturated carbocycles. The number of carboxylic acids is 1. The number of hydrogen-bond acceptors (Lipinski definition) is 3. The quantitative estimate of drug-likeness (QED) is 0.889. The van der Waals surface area contributed by atoms with Crippen molar-refractivity contribution in [3.63, 3.8) is 0 Å². The summed E-state index contributed by atoms with van der Waals surface area (Å²) in [6.07, 6.45) is 2.82. The summed E-state index contributed by atoms with van der Waals surface area (Å²) in [7, 11) is 0. The molecule has 2 N–H and O–H groups in total. The highest BCUT2D eigenvalue weighted by Crippen LogP contribution is 2.27. The predicted octanol–water partition coefficient (Wildman–Crippen LogP) is 3.49. The van der Waals surface area contributed by atoms with Gasteiger partial charge in [-0.1, -0.05) is 17.7 Å². The third kappa shape index (κ3) is 2.60. The fraction of sp³-hybridized carbons (Fsp3) is 0.0769. The standard InChI is InChI=1S/C13H11ClN2O2/c1-8-2-3-12(10(14)6-8)16-11-4-5-15-7-9(11)13(17)18/h2-7H,1H3,(H,15,16)(H,17,18). The molecule has 92 valence electrons. The van der Waals surface area contributed by atoms with Gasteiger partial charge in [-0.3, -0.25) is 4.98 Å². The topological polar surface area (TPSA) is 62.2 Å². The van der Waals surface area contributed by atoms with Gasteiger partial charge in [-0.2, -0.15) is 0 Å². The van der Waals surface area contributed by atoms with Crippen LogP contribution in [0.1, 0.15) is 15.9 Å². The second-order valence-electron chi connectivity index (χ2n) is 3.83. The number of benzene rings is 1. The van der Waals surface area contributed by atoms with E-state index in [0.717, 1.165) is 5.56 Å². The van der Waals surface area contributed by atoms with Crippen LogP contribution < -0.4 is 5.32 Å². The minimum atomic E-state index is -1.03. The van der Waals surface area contributed by atoms with Crippen molar-refractivity contribution in [2.75, 3.05) is 5.32 Å². The van der Waals surface area contributed by atoms with Gasteiger partial charge in [0.2, 0.25) is 0 Å². The van der Waals surface area contributed by atoms with Gasteiger partial charge in [0, 0.05) is 12.4 Å². The Morgan fingerprint density at radius 3 is 2.78 bits per heavy atom. The number of aromatic carboxylic acids is 1. The molecular weight excluding hydrogens is 252 g/mol. The molecular formula is C13H11ClN2O2. The van der Waals surface area contributed by atoms with Crippen molar-refractivity contribution in [2.45, 2.75) is 6.92 Å². The molecule has 0 unspecified atom stereocenters. The second-order valence-corrected chi connectivity index (χ2v) is 4.24. The first-order valence-electron chi connectivity index (χ1n) is 5.28. The van der Waals surface area contributed by atoms with E-state index >= 15 is 0 Å². The molecule has 1 heterocycles. The zero-order chi connectivity index (χ0) is 13.1. The first kappa shape index (κ1) is 12.4. The molecule has 0 amide bonds. The summed E-state index contributed by atoms with van der Waals surface area (Å²) >= 11 is 6.09.